The van der Waals surface area contributed by atoms with Crippen molar-refractivity contribution in [3.63, 3.8) is 0 Å². The average molecular weight is 235 g/mol. The van der Waals surface area contributed by atoms with Crippen LogP contribution in [0.1, 0.15) is 19.7 Å². The van der Waals surface area contributed by atoms with Gasteiger partial charge in [-0.25, -0.2) is 0 Å². The third kappa shape index (κ3) is 2.36. The standard InChI is InChI=1S/C11H17N5O/c1-7(2)9(6-17)12-10-4-5-11-14-13-8(3)16(11)15-10/h4-5,7,9,17H,6H2,1-3H3,(H,12,15)/t9-/m0/s1. The number of hydrogen-bond donors (Lipinski definition) is 2. The Hall–Kier alpha value is -1.69. The molecule has 0 radical (unpaired) electrons. The van der Waals surface area contributed by atoms with Crippen molar-refractivity contribution in [2.24, 2.45) is 5.92 Å². The normalized spacial score (nSPS) is 13.2. The van der Waals surface area contributed by atoms with Crippen molar-refractivity contribution < 1.29 is 5.11 Å². The summed E-state index contributed by atoms with van der Waals surface area (Å²) in [6.07, 6.45) is 0. The minimum absolute atomic E-state index is 0.00302. The molecule has 0 spiro atoms. The molecule has 0 bridgehead atoms. The number of aryl methyl sites for hydroxylation is 1. The van der Waals surface area contributed by atoms with Crippen LogP contribution in [0.15, 0.2) is 12.1 Å². The lowest BCUT2D eigenvalue weighted by Gasteiger charge is -2.20. The molecule has 0 saturated carbocycles. The van der Waals surface area contributed by atoms with Crippen LogP contribution in [0, 0.1) is 12.8 Å². The summed E-state index contributed by atoms with van der Waals surface area (Å²) in [4.78, 5) is 0. The second-order valence-corrected chi connectivity index (χ2v) is 4.41. The minimum Gasteiger partial charge on any atom is -0.394 e. The monoisotopic (exact) mass is 235 g/mol. The van der Waals surface area contributed by atoms with E-state index in [1.165, 1.54) is 0 Å². The Morgan fingerprint density at radius 3 is 2.76 bits per heavy atom. The van der Waals surface area contributed by atoms with Gasteiger partial charge in [0.1, 0.15) is 5.82 Å². The first-order chi connectivity index (χ1) is 8.11. The van der Waals surface area contributed by atoms with E-state index in [0.29, 0.717) is 11.7 Å². The second-order valence-electron chi connectivity index (χ2n) is 4.41. The molecule has 0 aromatic carbocycles. The largest absolute Gasteiger partial charge is 0.394 e. The molecule has 0 aliphatic heterocycles. The molecular weight excluding hydrogens is 218 g/mol. The lowest BCUT2D eigenvalue weighted by atomic mass is 10.1. The minimum atomic E-state index is -0.00302. The molecular formula is C11H17N5O. The Labute approximate surface area is 99.7 Å². The highest BCUT2D eigenvalue weighted by Gasteiger charge is 2.13. The van der Waals surface area contributed by atoms with Gasteiger partial charge in [0.25, 0.3) is 0 Å². The van der Waals surface area contributed by atoms with Gasteiger partial charge in [0.05, 0.1) is 12.6 Å². The number of nitrogens with zero attached hydrogens (tertiary/aromatic N) is 4. The predicted octanol–water partition coefficient (Wildman–Crippen LogP) is 0.862. The fourth-order valence-corrected chi connectivity index (χ4v) is 1.59. The SMILES string of the molecule is Cc1nnc2ccc(N[C@@H](CO)C(C)C)nn12. The zero-order chi connectivity index (χ0) is 12.4. The van der Waals surface area contributed by atoms with E-state index in [2.05, 4.69) is 34.5 Å². The van der Waals surface area contributed by atoms with Gasteiger partial charge in [-0.1, -0.05) is 13.8 Å². The molecule has 2 heterocycles. The van der Waals surface area contributed by atoms with Crippen LogP contribution in [0.3, 0.4) is 0 Å². The van der Waals surface area contributed by atoms with Crippen molar-refractivity contribution in [2.75, 3.05) is 11.9 Å². The molecule has 6 nitrogen and oxygen atoms in total. The number of hydrogen-bond acceptors (Lipinski definition) is 5. The first kappa shape index (κ1) is 11.8. The van der Waals surface area contributed by atoms with Crippen LogP contribution in [0.5, 0.6) is 0 Å². The Balaban J connectivity index is 2.26. The number of anilines is 1. The van der Waals surface area contributed by atoms with Crippen molar-refractivity contribution in [1.82, 2.24) is 19.8 Å². The zero-order valence-electron chi connectivity index (χ0n) is 10.3. The summed E-state index contributed by atoms with van der Waals surface area (Å²) < 4.78 is 1.68. The Kier molecular flexibility index (Phi) is 3.23. The van der Waals surface area contributed by atoms with Crippen molar-refractivity contribution in [1.29, 1.82) is 0 Å². The Bertz CT molecular complexity index is 508. The molecule has 2 aromatic rings. The van der Waals surface area contributed by atoms with Crippen molar-refractivity contribution in [3.8, 4) is 0 Å². The molecule has 0 aliphatic rings. The molecule has 0 aliphatic carbocycles. The molecule has 17 heavy (non-hydrogen) atoms. The lowest BCUT2D eigenvalue weighted by Crippen LogP contribution is -2.30. The van der Waals surface area contributed by atoms with Gasteiger partial charge in [-0.3, -0.25) is 0 Å². The fraction of sp³-hybridized carbons (Fsp3) is 0.545. The van der Waals surface area contributed by atoms with Crippen LogP contribution in [0.4, 0.5) is 5.82 Å². The number of rotatable bonds is 4. The van der Waals surface area contributed by atoms with E-state index in [4.69, 9.17) is 0 Å². The van der Waals surface area contributed by atoms with E-state index in [-0.39, 0.29) is 12.6 Å². The second kappa shape index (κ2) is 4.67. The van der Waals surface area contributed by atoms with Crippen LogP contribution < -0.4 is 5.32 Å². The first-order valence-electron chi connectivity index (χ1n) is 5.68. The van der Waals surface area contributed by atoms with E-state index in [1.807, 2.05) is 19.1 Å². The molecule has 2 aromatic heterocycles. The maximum absolute atomic E-state index is 9.26. The average Bonchev–Trinajstić information content (AvgIpc) is 2.67. The van der Waals surface area contributed by atoms with Gasteiger partial charge in [0.15, 0.2) is 11.5 Å². The summed E-state index contributed by atoms with van der Waals surface area (Å²) >= 11 is 0. The summed E-state index contributed by atoms with van der Waals surface area (Å²) in [6.45, 7) is 6.04. The van der Waals surface area contributed by atoms with Crippen LogP contribution in [-0.4, -0.2) is 37.6 Å². The topological polar surface area (TPSA) is 75.3 Å². The van der Waals surface area contributed by atoms with E-state index in [1.54, 1.807) is 4.52 Å². The Morgan fingerprint density at radius 1 is 1.35 bits per heavy atom. The lowest BCUT2D eigenvalue weighted by molar-refractivity contribution is 0.249. The molecule has 1 atom stereocenters. The molecule has 6 heteroatoms. The van der Waals surface area contributed by atoms with Gasteiger partial charge >= 0.3 is 0 Å². The zero-order valence-corrected chi connectivity index (χ0v) is 10.3. The summed E-state index contributed by atoms with van der Waals surface area (Å²) in [5.41, 5.74) is 0.721. The number of fused-ring (bicyclic) bond motifs is 1. The van der Waals surface area contributed by atoms with Crippen LogP contribution in [-0.2, 0) is 0 Å². The maximum Gasteiger partial charge on any atom is 0.178 e. The smallest absolute Gasteiger partial charge is 0.178 e. The number of aliphatic hydroxyl groups is 1. The molecule has 0 amide bonds. The predicted molar refractivity (Wildman–Crippen MR) is 64.9 cm³/mol. The van der Waals surface area contributed by atoms with Crippen LogP contribution in [0.25, 0.3) is 5.65 Å². The molecule has 92 valence electrons. The summed E-state index contributed by atoms with van der Waals surface area (Å²) in [7, 11) is 0. The first-order valence-corrected chi connectivity index (χ1v) is 5.68. The summed E-state index contributed by atoms with van der Waals surface area (Å²) in [5, 5.41) is 24.7. The van der Waals surface area contributed by atoms with Gasteiger partial charge in [-0.05, 0) is 25.0 Å². The summed E-state index contributed by atoms with van der Waals surface area (Å²) in [5.74, 6) is 1.79. The van der Waals surface area contributed by atoms with Crippen molar-refractivity contribution in [2.45, 2.75) is 26.8 Å². The van der Waals surface area contributed by atoms with Gasteiger partial charge in [-0.15, -0.1) is 15.3 Å². The molecule has 0 fully saturated rings. The molecule has 2 rings (SSSR count). The fourth-order valence-electron chi connectivity index (χ4n) is 1.59. The van der Waals surface area contributed by atoms with E-state index in [9.17, 15) is 5.11 Å². The number of nitrogens with one attached hydrogen (secondary N) is 1. The van der Waals surface area contributed by atoms with Crippen molar-refractivity contribution >= 4 is 11.5 Å². The third-order valence-corrected chi connectivity index (χ3v) is 2.75. The van der Waals surface area contributed by atoms with Crippen LogP contribution in [0.2, 0.25) is 0 Å². The van der Waals surface area contributed by atoms with Gasteiger partial charge in [-0.2, -0.15) is 4.52 Å². The Morgan fingerprint density at radius 2 is 2.12 bits per heavy atom. The highest BCUT2D eigenvalue weighted by atomic mass is 16.3. The van der Waals surface area contributed by atoms with Gasteiger partial charge < -0.3 is 10.4 Å². The maximum atomic E-state index is 9.26. The van der Waals surface area contributed by atoms with Crippen LogP contribution >= 0.6 is 0 Å². The summed E-state index contributed by atoms with van der Waals surface area (Å²) in [6, 6.07) is 3.69. The van der Waals surface area contributed by atoms with Gasteiger partial charge in [0, 0.05) is 0 Å². The number of aromatic nitrogens is 4. The third-order valence-electron chi connectivity index (χ3n) is 2.75. The van der Waals surface area contributed by atoms with E-state index < -0.39 is 0 Å². The molecule has 0 saturated heterocycles. The number of aliphatic hydroxyl groups excluding tert-OH is 1. The quantitative estimate of drug-likeness (QED) is 0.822. The van der Waals surface area contributed by atoms with Gasteiger partial charge in [0.2, 0.25) is 0 Å². The molecule has 2 N–H and O–H groups in total. The van der Waals surface area contributed by atoms with E-state index >= 15 is 0 Å². The van der Waals surface area contributed by atoms with E-state index in [0.717, 1.165) is 11.5 Å². The van der Waals surface area contributed by atoms with Crippen molar-refractivity contribution in [3.05, 3.63) is 18.0 Å². The highest BCUT2D eigenvalue weighted by molar-refractivity contribution is 5.44. The highest BCUT2D eigenvalue weighted by Crippen LogP contribution is 2.11. The molecule has 0 unspecified atom stereocenters.